The van der Waals surface area contributed by atoms with Crippen molar-refractivity contribution in [2.75, 3.05) is 0 Å². The van der Waals surface area contributed by atoms with E-state index in [1.807, 2.05) is 27.0 Å². The second-order valence-corrected chi connectivity index (χ2v) is 4.36. The summed E-state index contributed by atoms with van der Waals surface area (Å²) in [6, 6.07) is 3.64. The molecule has 2 rings (SSSR count). The smallest absolute Gasteiger partial charge is 0.255 e. The van der Waals surface area contributed by atoms with Gasteiger partial charge in [-0.2, -0.15) is 5.10 Å². The van der Waals surface area contributed by atoms with Gasteiger partial charge < -0.3 is 9.73 Å². The summed E-state index contributed by atoms with van der Waals surface area (Å²) < 4.78 is 6.99. The second kappa shape index (κ2) is 5.73. The van der Waals surface area contributed by atoms with Crippen LogP contribution in [-0.2, 0) is 26.4 Å². The Labute approximate surface area is 112 Å². The lowest BCUT2D eigenvalue weighted by Gasteiger charge is -2.05. The minimum Gasteiger partial charge on any atom is -0.467 e. The van der Waals surface area contributed by atoms with E-state index in [9.17, 15) is 4.79 Å². The maximum Gasteiger partial charge on any atom is 0.255 e. The van der Waals surface area contributed by atoms with Crippen molar-refractivity contribution >= 4 is 5.91 Å². The zero-order chi connectivity index (χ0) is 13.8. The largest absolute Gasteiger partial charge is 0.467 e. The molecule has 1 amide bonds. The average molecular weight is 261 g/mol. The van der Waals surface area contributed by atoms with Crippen LogP contribution in [-0.4, -0.2) is 15.7 Å². The van der Waals surface area contributed by atoms with Crippen molar-refractivity contribution in [3.63, 3.8) is 0 Å². The summed E-state index contributed by atoms with van der Waals surface area (Å²) in [5, 5.41) is 7.28. The number of aromatic nitrogens is 2. The van der Waals surface area contributed by atoms with Gasteiger partial charge in [0.25, 0.3) is 5.91 Å². The predicted molar refractivity (Wildman–Crippen MR) is 71.8 cm³/mol. The SMILES string of the molecule is CCc1nn(C)c(CC)c1C(=O)NCc1ccco1. The van der Waals surface area contributed by atoms with Crippen LogP contribution in [0.2, 0.25) is 0 Å². The number of hydrogen-bond donors (Lipinski definition) is 1. The van der Waals surface area contributed by atoms with Crippen molar-refractivity contribution in [2.24, 2.45) is 7.05 Å². The molecule has 2 aromatic rings. The van der Waals surface area contributed by atoms with E-state index in [-0.39, 0.29) is 5.91 Å². The van der Waals surface area contributed by atoms with Gasteiger partial charge in [-0.1, -0.05) is 13.8 Å². The van der Waals surface area contributed by atoms with Crippen LogP contribution in [0.4, 0.5) is 0 Å². The van der Waals surface area contributed by atoms with Gasteiger partial charge in [-0.05, 0) is 25.0 Å². The van der Waals surface area contributed by atoms with Crippen molar-refractivity contribution in [3.05, 3.63) is 41.1 Å². The molecule has 0 spiro atoms. The van der Waals surface area contributed by atoms with E-state index in [1.54, 1.807) is 17.0 Å². The molecule has 0 saturated carbocycles. The van der Waals surface area contributed by atoms with Gasteiger partial charge in [-0.3, -0.25) is 9.48 Å². The lowest BCUT2D eigenvalue weighted by atomic mass is 10.1. The Kier molecular flexibility index (Phi) is 4.04. The van der Waals surface area contributed by atoms with E-state index < -0.39 is 0 Å². The highest BCUT2D eigenvalue weighted by Gasteiger charge is 2.20. The van der Waals surface area contributed by atoms with Crippen LogP contribution >= 0.6 is 0 Å². The van der Waals surface area contributed by atoms with Crippen LogP contribution in [0.25, 0.3) is 0 Å². The molecule has 0 bridgehead atoms. The highest BCUT2D eigenvalue weighted by atomic mass is 16.3. The first-order valence-corrected chi connectivity index (χ1v) is 6.52. The Morgan fingerprint density at radius 3 is 2.79 bits per heavy atom. The number of carbonyl (C=O) groups is 1. The molecular weight excluding hydrogens is 242 g/mol. The lowest BCUT2D eigenvalue weighted by molar-refractivity contribution is 0.0946. The first-order valence-electron chi connectivity index (χ1n) is 6.52. The molecular formula is C14H19N3O2. The van der Waals surface area contributed by atoms with Gasteiger partial charge in [0.2, 0.25) is 0 Å². The molecule has 0 radical (unpaired) electrons. The molecule has 0 fully saturated rings. The summed E-state index contributed by atoms with van der Waals surface area (Å²) in [4.78, 5) is 12.3. The van der Waals surface area contributed by atoms with Gasteiger partial charge in [0.1, 0.15) is 5.76 Å². The quantitative estimate of drug-likeness (QED) is 0.896. The zero-order valence-corrected chi connectivity index (χ0v) is 11.6. The van der Waals surface area contributed by atoms with Crippen molar-refractivity contribution in [3.8, 4) is 0 Å². The van der Waals surface area contributed by atoms with Crippen LogP contribution < -0.4 is 5.32 Å². The van der Waals surface area contributed by atoms with E-state index in [0.29, 0.717) is 12.1 Å². The molecule has 19 heavy (non-hydrogen) atoms. The molecule has 0 unspecified atom stereocenters. The van der Waals surface area contributed by atoms with Crippen molar-refractivity contribution in [1.29, 1.82) is 0 Å². The number of rotatable bonds is 5. The van der Waals surface area contributed by atoms with Crippen LogP contribution in [0.3, 0.4) is 0 Å². The zero-order valence-electron chi connectivity index (χ0n) is 11.6. The minimum absolute atomic E-state index is 0.0850. The second-order valence-electron chi connectivity index (χ2n) is 4.36. The van der Waals surface area contributed by atoms with Gasteiger partial charge in [0, 0.05) is 7.05 Å². The Balaban J connectivity index is 2.18. The van der Waals surface area contributed by atoms with Crippen LogP contribution in [0, 0.1) is 0 Å². The van der Waals surface area contributed by atoms with Crippen LogP contribution in [0.1, 0.15) is 41.4 Å². The third-order valence-electron chi connectivity index (χ3n) is 3.14. The van der Waals surface area contributed by atoms with Gasteiger partial charge >= 0.3 is 0 Å². The standard InChI is InChI=1S/C14H19N3O2/c1-4-11-13(12(5-2)17(3)16-11)14(18)15-9-10-7-6-8-19-10/h6-8H,4-5,9H2,1-3H3,(H,15,18). The average Bonchev–Trinajstić information content (AvgIpc) is 3.02. The fourth-order valence-electron chi connectivity index (χ4n) is 2.20. The summed E-state index contributed by atoms with van der Waals surface area (Å²) in [5.74, 6) is 0.659. The maximum absolute atomic E-state index is 12.3. The summed E-state index contributed by atoms with van der Waals surface area (Å²) in [7, 11) is 1.88. The lowest BCUT2D eigenvalue weighted by Crippen LogP contribution is -2.24. The van der Waals surface area contributed by atoms with Gasteiger partial charge in [-0.25, -0.2) is 0 Å². The highest BCUT2D eigenvalue weighted by molar-refractivity contribution is 5.96. The number of nitrogens with one attached hydrogen (secondary N) is 1. The molecule has 0 aliphatic rings. The minimum atomic E-state index is -0.0850. The molecule has 0 aromatic carbocycles. The van der Waals surface area contributed by atoms with Crippen LogP contribution in [0.15, 0.2) is 22.8 Å². The molecule has 0 aliphatic carbocycles. The fraction of sp³-hybridized carbons (Fsp3) is 0.429. The van der Waals surface area contributed by atoms with E-state index in [2.05, 4.69) is 10.4 Å². The highest BCUT2D eigenvalue weighted by Crippen LogP contribution is 2.15. The third kappa shape index (κ3) is 2.70. The Bertz CT molecular complexity index is 556. The van der Waals surface area contributed by atoms with E-state index in [0.717, 1.165) is 30.0 Å². The molecule has 2 aromatic heterocycles. The number of carbonyl (C=O) groups excluding carboxylic acids is 1. The van der Waals surface area contributed by atoms with E-state index in [4.69, 9.17) is 4.42 Å². The van der Waals surface area contributed by atoms with E-state index in [1.165, 1.54) is 0 Å². The summed E-state index contributed by atoms with van der Waals surface area (Å²) in [5.41, 5.74) is 2.52. The summed E-state index contributed by atoms with van der Waals surface area (Å²) in [6.07, 6.45) is 3.13. The maximum atomic E-state index is 12.3. The third-order valence-corrected chi connectivity index (χ3v) is 3.14. The van der Waals surface area contributed by atoms with E-state index >= 15 is 0 Å². The molecule has 0 atom stereocenters. The molecule has 0 aliphatic heterocycles. The molecule has 2 heterocycles. The number of amides is 1. The van der Waals surface area contributed by atoms with Gasteiger partial charge in [0.05, 0.1) is 29.8 Å². The number of nitrogens with zero attached hydrogens (tertiary/aromatic N) is 2. The van der Waals surface area contributed by atoms with Crippen LogP contribution in [0.5, 0.6) is 0 Å². The topological polar surface area (TPSA) is 60.1 Å². The molecule has 5 heteroatoms. The number of aryl methyl sites for hydroxylation is 2. The number of furan rings is 1. The fourth-order valence-corrected chi connectivity index (χ4v) is 2.20. The van der Waals surface area contributed by atoms with Gasteiger partial charge in [-0.15, -0.1) is 0 Å². The van der Waals surface area contributed by atoms with Crippen molar-refractivity contribution in [2.45, 2.75) is 33.2 Å². The van der Waals surface area contributed by atoms with Crippen molar-refractivity contribution in [1.82, 2.24) is 15.1 Å². The molecule has 5 nitrogen and oxygen atoms in total. The summed E-state index contributed by atoms with van der Waals surface area (Å²) in [6.45, 7) is 4.43. The Morgan fingerprint density at radius 2 is 2.21 bits per heavy atom. The first kappa shape index (κ1) is 13.4. The first-order chi connectivity index (χ1) is 9.17. The predicted octanol–water partition coefficient (Wildman–Crippen LogP) is 2.07. The molecule has 102 valence electrons. The normalized spacial score (nSPS) is 10.7. The summed E-state index contributed by atoms with van der Waals surface area (Å²) >= 11 is 0. The van der Waals surface area contributed by atoms with Gasteiger partial charge in [0.15, 0.2) is 0 Å². The Hall–Kier alpha value is -2.04. The monoisotopic (exact) mass is 261 g/mol. The Morgan fingerprint density at radius 1 is 1.42 bits per heavy atom. The van der Waals surface area contributed by atoms with Crippen molar-refractivity contribution < 1.29 is 9.21 Å². The molecule has 1 N–H and O–H groups in total. The molecule has 0 saturated heterocycles. The number of hydrogen-bond acceptors (Lipinski definition) is 3.